The first-order valence-corrected chi connectivity index (χ1v) is 7.80. The van der Waals surface area contributed by atoms with Crippen LogP contribution < -0.4 is 15.5 Å². The topological polar surface area (TPSA) is 70.2 Å². The Morgan fingerprint density at radius 1 is 1.24 bits per heavy atom. The standard InChI is InChI=1S/C15H23N5O/c1-16-15(21)13-4-5-14(19-18-13)20-8-6-12(7-9-20)17-10-11-2-3-11/h4-5,11-12,17H,2-3,6-10H2,1H3,(H,16,21). The van der Waals surface area contributed by atoms with Gasteiger partial charge < -0.3 is 15.5 Å². The van der Waals surface area contributed by atoms with Gasteiger partial charge >= 0.3 is 0 Å². The van der Waals surface area contributed by atoms with Crippen molar-refractivity contribution >= 4 is 11.7 Å². The molecule has 21 heavy (non-hydrogen) atoms. The third kappa shape index (κ3) is 3.69. The molecular formula is C15H23N5O. The van der Waals surface area contributed by atoms with Gasteiger partial charge in [0.05, 0.1) is 0 Å². The number of aromatic nitrogens is 2. The summed E-state index contributed by atoms with van der Waals surface area (Å²) in [4.78, 5) is 13.7. The number of carbonyl (C=O) groups excluding carboxylic acids is 1. The van der Waals surface area contributed by atoms with Crippen molar-refractivity contribution in [3.63, 3.8) is 0 Å². The molecule has 1 aliphatic carbocycles. The van der Waals surface area contributed by atoms with Crippen molar-refractivity contribution in [2.75, 3.05) is 31.6 Å². The van der Waals surface area contributed by atoms with Crippen molar-refractivity contribution in [2.45, 2.75) is 31.7 Å². The zero-order chi connectivity index (χ0) is 14.7. The van der Waals surface area contributed by atoms with Gasteiger partial charge in [0.25, 0.3) is 5.91 Å². The van der Waals surface area contributed by atoms with Crippen LogP contribution in [0, 0.1) is 5.92 Å². The molecule has 1 saturated heterocycles. The fourth-order valence-corrected chi connectivity index (χ4v) is 2.71. The van der Waals surface area contributed by atoms with Gasteiger partial charge in [0.15, 0.2) is 11.5 Å². The molecule has 0 bridgehead atoms. The molecule has 6 heteroatoms. The van der Waals surface area contributed by atoms with E-state index in [0.717, 1.165) is 37.7 Å². The molecule has 0 radical (unpaired) electrons. The van der Waals surface area contributed by atoms with Gasteiger partial charge in [0.1, 0.15) is 0 Å². The van der Waals surface area contributed by atoms with E-state index >= 15 is 0 Å². The maximum Gasteiger partial charge on any atom is 0.271 e. The number of piperidine rings is 1. The lowest BCUT2D eigenvalue weighted by Gasteiger charge is -2.33. The number of amides is 1. The van der Waals surface area contributed by atoms with Gasteiger partial charge in [0, 0.05) is 26.2 Å². The second kappa shape index (κ2) is 6.39. The smallest absolute Gasteiger partial charge is 0.271 e. The number of hydrogen-bond acceptors (Lipinski definition) is 5. The molecule has 2 N–H and O–H groups in total. The third-order valence-electron chi connectivity index (χ3n) is 4.32. The lowest BCUT2D eigenvalue weighted by atomic mass is 10.0. The van der Waals surface area contributed by atoms with E-state index in [9.17, 15) is 4.79 Å². The molecule has 1 aromatic rings. The van der Waals surface area contributed by atoms with Gasteiger partial charge in [-0.15, -0.1) is 10.2 Å². The van der Waals surface area contributed by atoms with Gasteiger partial charge in [-0.05, 0) is 50.3 Å². The Labute approximate surface area is 125 Å². The number of anilines is 1. The summed E-state index contributed by atoms with van der Waals surface area (Å²) in [5.74, 6) is 1.60. The van der Waals surface area contributed by atoms with Crippen LogP contribution in [0.2, 0.25) is 0 Å². The molecule has 1 aromatic heterocycles. The van der Waals surface area contributed by atoms with Crippen LogP contribution in [0.25, 0.3) is 0 Å². The average molecular weight is 289 g/mol. The summed E-state index contributed by atoms with van der Waals surface area (Å²) < 4.78 is 0. The van der Waals surface area contributed by atoms with Gasteiger partial charge in [-0.1, -0.05) is 0 Å². The maximum atomic E-state index is 11.4. The molecule has 2 fully saturated rings. The fraction of sp³-hybridized carbons (Fsp3) is 0.667. The van der Waals surface area contributed by atoms with Crippen molar-refractivity contribution in [2.24, 2.45) is 5.92 Å². The van der Waals surface area contributed by atoms with Gasteiger partial charge in [-0.2, -0.15) is 0 Å². The van der Waals surface area contributed by atoms with E-state index in [4.69, 9.17) is 0 Å². The van der Waals surface area contributed by atoms with Crippen LogP contribution in [-0.2, 0) is 0 Å². The quantitative estimate of drug-likeness (QED) is 0.839. The van der Waals surface area contributed by atoms with E-state index < -0.39 is 0 Å². The molecule has 114 valence electrons. The summed E-state index contributed by atoms with van der Waals surface area (Å²) in [6.45, 7) is 3.18. The Morgan fingerprint density at radius 2 is 2.00 bits per heavy atom. The maximum absolute atomic E-state index is 11.4. The largest absolute Gasteiger partial charge is 0.355 e. The summed E-state index contributed by atoms with van der Waals surface area (Å²) in [6.07, 6.45) is 5.09. The van der Waals surface area contributed by atoms with Crippen LogP contribution in [0.4, 0.5) is 5.82 Å². The molecule has 2 heterocycles. The highest BCUT2D eigenvalue weighted by Crippen LogP contribution is 2.28. The first-order chi connectivity index (χ1) is 10.3. The van der Waals surface area contributed by atoms with E-state index in [0.29, 0.717) is 11.7 Å². The Balaban J connectivity index is 1.50. The van der Waals surface area contributed by atoms with Crippen LogP contribution in [0.15, 0.2) is 12.1 Å². The lowest BCUT2D eigenvalue weighted by molar-refractivity contribution is 0.0957. The first-order valence-electron chi connectivity index (χ1n) is 7.80. The minimum Gasteiger partial charge on any atom is -0.355 e. The normalized spacial score (nSPS) is 19.6. The lowest BCUT2D eigenvalue weighted by Crippen LogP contribution is -2.43. The van der Waals surface area contributed by atoms with E-state index in [1.807, 2.05) is 6.07 Å². The third-order valence-corrected chi connectivity index (χ3v) is 4.32. The molecule has 0 spiro atoms. The average Bonchev–Trinajstić information content (AvgIpc) is 3.37. The van der Waals surface area contributed by atoms with Crippen molar-refractivity contribution in [3.8, 4) is 0 Å². The van der Waals surface area contributed by atoms with Crippen molar-refractivity contribution in [3.05, 3.63) is 17.8 Å². The monoisotopic (exact) mass is 289 g/mol. The highest BCUT2D eigenvalue weighted by atomic mass is 16.1. The molecule has 1 amide bonds. The Morgan fingerprint density at radius 3 is 2.57 bits per heavy atom. The minimum absolute atomic E-state index is 0.197. The van der Waals surface area contributed by atoms with E-state index in [1.54, 1.807) is 13.1 Å². The second-order valence-electron chi connectivity index (χ2n) is 5.97. The molecule has 1 aliphatic heterocycles. The van der Waals surface area contributed by atoms with Crippen molar-refractivity contribution in [1.82, 2.24) is 20.8 Å². The molecule has 0 unspecified atom stereocenters. The predicted octanol–water partition coefficient (Wildman–Crippen LogP) is 0.805. The molecule has 1 saturated carbocycles. The summed E-state index contributed by atoms with van der Waals surface area (Å²) >= 11 is 0. The Kier molecular flexibility index (Phi) is 4.34. The van der Waals surface area contributed by atoms with E-state index in [2.05, 4.69) is 25.7 Å². The van der Waals surface area contributed by atoms with Crippen molar-refractivity contribution in [1.29, 1.82) is 0 Å². The van der Waals surface area contributed by atoms with Crippen molar-refractivity contribution < 1.29 is 4.79 Å². The highest BCUT2D eigenvalue weighted by molar-refractivity contribution is 5.91. The fourth-order valence-electron chi connectivity index (χ4n) is 2.71. The Hall–Kier alpha value is -1.69. The van der Waals surface area contributed by atoms with Crippen LogP contribution in [0.3, 0.4) is 0 Å². The Bertz CT molecular complexity index is 477. The van der Waals surface area contributed by atoms with Crippen LogP contribution in [0.1, 0.15) is 36.2 Å². The highest BCUT2D eigenvalue weighted by Gasteiger charge is 2.24. The molecule has 3 rings (SSSR count). The molecule has 2 aliphatic rings. The number of nitrogens with one attached hydrogen (secondary N) is 2. The molecule has 0 atom stereocenters. The van der Waals surface area contributed by atoms with Gasteiger partial charge in [-0.3, -0.25) is 4.79 Å². The number of carbonyl (C=O) groups is 1. The second-order valence-corrected chi connectivity index (χ2v) is 5.97. The van der Waals surface area contributed by atoms with Crippen LogP contribution >= 0.6 is 0 Å². The summed E-state index contributed by atoms with van der Waals surface area (Å²) in [5.41, 5.74) is 0.363. The van der Waals surface area contributed by atoms with E-state index in [-0.39, 0.29) is 5.91 Å². The number of nitrogens with zero attached hydrogens (tertiary/aromatic N) is 3. The zero-order valence-electron chi connectivity index (χ0n) is 12.5. The molecular weight excluding hydrogens is 266 g/mol. The number of rotatable bonds is 5. The summed E-state index contributed by atoms with van der Waals surface area (Å²) in [5, 5.41) is 14.4. The van der Waals surface area contributed by atoms with Gasteiger partial charge in [0.2, 0.25) is 0 Å². The SMILES string of the molecule is CNC(=O)c1ccc(N2CCC(NCC3CC3)CC2)nn1. The first kappa shape index (κ1) is 14.3. The van der Waals surface area contributed by atoms with E-state index in [1.165, 1.54) is 19.4 Å². The summed E-state index contributed by atoms with van der Waals surface area (Å²) in [6, 6.07) is 4.26. The zero-order valence-corrected chi connectivity index (χ0v) is 12.5. The van der Waals surface area contributed by atoms with Gasteiger partial charge in [-0.25, -0.2) is 0 Å². The predicted molar refractivity (Wildman–Crippen MR) is 81.4 cm³/mol. The molecule has 6 nitrogen and oxygen atoms in total. The van der Waals surface area contributed by atoms with Crippen LogP contribution in [-0.4, -0.2) is 48.8 Å². The number of hydrogen-bond donors (Lipinski definition) is 2. The molecule has 0 aromatic carbocycles. The summed E-state index contributed by atoms with van der Waals surface area (Å²) in [7, 11) is 1.59. The minimum atomic E-state index is -0.197. The van der Waals surface area contributed by atoms with Crippen LogP contribution in [0.5, 0.6) is 0 Å².